The van der Waals surface area contributed by atoms with Crippen LogP contribution in [0.15, 0.2) is 116 Å². The molecule has 0 bridgehead atoms. The van der Waals surface area contributed by atoms with E-state index < -0.39 is 5.92 Å². The average molecular weight is 447 g/mol. The fourth-order valence-electron chi connectivity index (χ4n) is 3.65. The van der Waals surface area contributed by atoms with Crippen LogP contribution in [-0.2, 0) is 4.79 Å². The van der Waals surface area contributed by atoms with Crippen molar-refractivity contribution in [2.45, 2.75) is 5.92 Å². The summed E-state index contributed by atoms with van der Waals surface area (Å²) >= 11 is 0. The highest BCUT2D eigenvalue weighted by Gasteiger charge is 2.22. The molecular weight excluding hydrogens is 426 g/mol. The van der Waals surface area contributed by atoms with Crippen LogP contribution in [0.3, 0.4) is 0 Å². The summed E-state index contributed by atoms with van der Waals surface area (Å²) in [6, 6.07) is 28.4. The van der Waals surface area contributed by atoms with Gasteiger partial charge in [-0.25, -0.2) is 15.0 Å². The van der Waals surface area contributed by atoms with E-state index in [2.05, 4.69) is 20.3 Å². The third-order valence-corrected chi connectivity index (χ3v) is 5.27. The van der Waals surface area contributed by atoms with Crippen molar-refractivity contribution in [2.75, 3.05) is 5.32 Å². The van der Waals surface area contributed by atoms with E-state index in [1.165, 1.54) is 6.33 Å². The number of benzene rings is 3. The van der Waals surface area contributed by atoms with Gasteiger partial charge in [-0.05, 0) is 35.4 Å². The average Bonchev–Trinajstić information content (AvgIpc) is 3.42. The number of nitrogens with zero attached hydrogens (tertiary/aromatic N) is 4. The van der Waals surface area contributed by atoms with Gasteiger partial charge >= 0.3 is 0 Å². The second kappa shape index (κ2) is 9.79. The van der Waals surface area contributed by atoms with E-state index in [0.29, 0.717) is 23.1 Å². The highest BCUT2D eigenvalue weighted by molar-refractivity contribution is 5.98. The third kappa shape index (κ3) is 4.83. The Morgan fingerprint density at radius 3 is 2.15 bits per heavy atom. The van der Waals surface area contributed by atoms with Crippen molar-refractivity contribution >= 4 is 11.6 Å². The molecule has 0 aliphatic heterocycles. The molecule has 1 N–H and O–H groups in total. The summed E-state index contributed by atoms with van der Waals surface area (Å²) in [7, 11) is 0. The Morgan fingerprint density at radius 2 is 1.53 bits per heavy atom. The number of amides is 1. The molecule has 0 unspecified atom stereocenters. The summed E-state index contributed by atoms with van der Waals surface area (Å²) in [5, 5.41) is 3.03. The van der Waals surface area contributed by atoms with Gasteiger partial charge < -0.3 is 10.1 Å². The highest BCUT2D eigenvalue weighted by atomic mass is 16.5. The first-order valence-corrected chi connectivity index (χ1v) is 10.8. The molecule has 166 valence electrons. The van der Waals surface area contributed by atoms with Gasteiger partial charge in [0.25, 0.3) is 0 Å². The van der Waals surface area contributed by atoms with Gasteiger partial charge in [0.2, 0.25) is 11.8 Å². The normalized spacial score (nSPS) is 10.7. The van der Waals surface area contributed by atoms with E-state index in [0.717, 1.165) is 11.1 Å². The molecule has 2 heterocycles. The van der Waals surface area contributed by atoms with Crippen molar-refractivity contribution < 1.29 is 9.53 Å². The standard InChI is InChI=1S/C27H21N5O2/c33-27(26(20-7-3-1-4-8-20)21-9-5-2-6-10-21)31-22-11-13-23(14-12-22)34-25-17-24(29-18-30-25)32-16-15-28-19-32/h1-19,26H,(H,31,33). The highest BCUT2D eigenvalue weighted by Crippen LogP contribution is 2.27. The largest absolute Gasteiger partial charge is 0.439 e. The molecule has 0 radical (unpaired) electrons. The van der Waals surface area contributed by atoms with E-state index in [1.54, 1.807) is 53.6 Å². The molecule has 0 saturated heterocycles. The molecule has 0 spiro atoms. The Morgan fingerprint density at radius 1 is 0.853 bits per heavy atom. The molecule has 0 aliphatic carbocycles. The minimum atomic E-state index is -0.416. The predicted molar refractivity (Wildman–Crippen MR) is 129 cm³/mol. The summed E-state index contributed by atoms with van der Waals surface area (Å²) in [5.74, 6) is 1.13. The van der Waals surface area contributed by atoms with E-state index in [9.17, 15) is 4.79 Å². The first-order valence-electron chi connectivity index (χ1n) is 10.8. The van der Waals surface area contributed by atoms with Crippen LogP contribution in [-0.4, -0.2) is 25.4 Å². The molecule has 5 aromatic rings. The fraction of sp³-hybridized carbons (Fsp3) is 0.0370. The maximum Gasteiger partial charge on any atom is 0.236 e. The molecule has 3 aromatic carbocycles. The molecule has 1 amide bonds. The van der Waals surface area contributed by atoms with Crippen molar-refractivity contribution in [3.05, 3.63) is 127 Å². The van der Waals surface area contributed by atoms with Gasteiger partial charge in [0.05, 0.1) is 5.92 Å². The summed E-state index contributed by atoms with van der Waals surface area (Å²) in [6.07, 6.45) is 6.56. The van der Waals surface area contributed by atoms with Crippen LogP contribution >= 0.6 is 0 Å². The SMILES string of the molecule is O=C(Nc1ccc(Oc2cc(-n3ccnc3)ncn2)cc1)C(c1ccccc1)c1ccccc1. The first-order chi connectivity index (χ1) is 16.8. The molecular formula is C27H21N5O2. The Balaban J connectivity index is 1.31. The van der Waals surface area contributed by atoms with Crippen molar-refractivity contribution in [3.8, 4) is 17.4 Å². The van der Waals surface area contributed by atoms with Crippen LogP contribution in [0.1, 0.15) is 17.0 Å². The monoisotopic (exact) mass is 447 g/mol. The second-order valence-electron chi connectivity index (χ2n) is 7.55. The number of anilines is 1. The minimum absolute atomic E-state index is 0.105. The summed E-state index contributed by atoms with van der Waals surface area (Å²) in [6.45, 7) is 0. The van der Waals surface area contributed by atoms with Gasteiger partial charge in [-0.1, -0.05) is 60.7 Å². The lowest BCUT2D eigenvalue weighted by molar-refractivity contribution is -0.116. The van der Waals surface area contributed by atoms with Gasteiger partial charge in [-0.3, -0.25) is 9.36 Å². The van der Waals surface area contributed by atoms with Crippen molar-refractivity contribution in [1.82, 2.24) is 19.5 Å². The predicted octanol–water partition coefficient (Wildman–Crippen LogP) is 5.23. The second-order valence-corrected chi connectivity index (χ2v) is 7.55. The van der Waals surface area contributed by atoms with E-state index in [4.69, 9.17) is 4.74 Å². The molecule has 7 heteroatoms. The van der Waals surface area contributed by atoms with Crippen LogP contribution in [0.4, 0.5) is 5.69 Å². The number of ether oxygens (including phenoxy) is 1. The molecule has 5 rings (SSSR count). The first kappa shape index (κ1) is 21.1. The van der Waals surface area contributed by atoms with Gasteiger partial charge in [0, 0.05) is 24.1 Å². The number of nitrogens with one attached hydrogen (secondary N) is 1. The van der Waals surface area contributed by atoms with Crippen LogP contribution in [0.25, 0.3) is 5.82 Å². The molecule has 0 aliphatic rings. The number of hydrogen-bond donors (Lipinski definition) is 1. The Bertz CT molecular complexity index is 1320. The van der Waals surface area contributed by atoms with Gasteiger partial charge in [0.1, 0.15) is 24.2 Å². The lowest BCUT2D eigenvalue weighted by atomic mass is 9.90. The molecule has 7 nitrogen and oxygen atoms in total. The molecule has 2 aromatic heterocycles. The number of hydrogen-bond acceptors (Lipinski definition) is 5. The van der Waals surface area contributed by atoms with Crippen molar-refractivity contribution in [3.63, 3.8) is 0 Å². The van der Waals surface area contributed by atoms with E-state index >= 15 is 0 Å². The minimum Gasteiger partial charge on any atom is -0.439 e. The van der Waals surface area contributed by atoms with Crippen LogP contribution in [0.5, 0.6) is 11.6 Å². The zero-order chi connectivity index (χ0) is 23.2. The quantitative estimate of drug-likeness (QED) is 0.370. The number of rotatable bonds is 7. The van der Waals surface area contributed by atoms with Gasteiger partial charge in [-0.15, -0.1) is 0 Å². The third-order valence-electron chi connectivity index (χ3n) is 5.27. The zero-order valence-corrected chi connectivity index (χ0v) is 18.2. The summed E-state index contributed by atoms with van der Waals surface area (Å²) in [5.41, 5.74) is 2.54. The fourth-order valence-corrected chi connectivity index (χ4v) is 3.65. The Hall–Kier alpha value is -4.78. The lowest BCUT2D eigenvalue weighted by Crippen LogP contribution is -2.22. The Kier molecular flexibility index (Phi) is 6.07. The maximum absolute atomic E-state index is 13.3. The van der Waals surface area contributed by atoms with E-state index in [-0.39, 0.29) is 5.91 Å². The molecule has 0 atom stereocenters. The van der Waals surface area contributed by atoms with Crippen LogP contribution in [0, 0.1) is 0 Å². The number of carbonyl (C=O) groups excluding carboxylic acids is 1. The van der Waals surface area contributed by atoms with Crippen molar-refractivity contribution in [2.24, 2.45) is 0 Å². The molecule has 0 saturated carbocycles. The molecule has 0 fully saturated rings. The zero-order valence-electron chi connectivity index (χ0n) is 18.2. The van der Waals surface area contributed by atoms with Crippen LogP contribution in [0.2, 0.25) is 0 Å². The van der Waals surface area contributed by atoms with Crippen LogP contribution < -0.4 is 10.1 Å². The lowest BCUT2D eigenvalue weighted by Gasteiger charge is -2.18. The Labute approximate surface area is 196 Å². The topological polar surface area (TPSA) is 81.9 Å². The number of aromatic nitrogens is 4. The number of carbonyl (C=O) groups is 1. The molecule has 34 heavy (non-hydrogen) atoms. The van der Waals surface area contributed by atoms with Gasteiger partial charge in [-0.2, -0.15) is 0 Å². The summed E-state index contributed by atoms with van der Waals surface area (Å²) in [4.78, 5) is 25.7. The number of imidazole rings is 1. The van der Waals surface area contributed by atoms with Crippen molar-refractivity contribution in [1.29, 1.82) is 0 Å². The van der Waals surface area contributed by atoms with Gasteiger partial charge in [0.15, 0.2) is 0 Å². The van der Waals surface area contributed by atoms with E-state index in [1.807, 2.05) is 60.7 Å². The summed E-state index contributed by atoms with van der Waals surface area (Å²) < 4.78 is 7.63. The maximum atomic E-state index is 13.3. The smallest absolute Gasteiger partial charge is 0.236 e.